The molecule has 0 bridgehead atoms. The van der Waals surface area contributed by atoms with Crippen LogP contribution in [-0.4, -0.2) is 5.78 Å². The molecule has 17 heavy (non-hydrogen) atoms. The molecule has 2 rings (SSSR count). The van der Waals surface area contributed by atoms with Crippen LogP contribution >= 0.6 is 45.8 Å². The van der Waals surface area contributed by atoms with E-state index in [0.29, 0.717) is 21.2 Å². The van der Waals surface area contributed by atoms with E-state index in [4.69, 9.17) is 23.2 Å². The van der Waals surface area contributed by atoms with Gasteiger partial charge in [0.25, 0.3) is 0 Å². The van der Waals surface area contributed by atoms with Crippen LogP contribution in [0.5, 0.6) is 0 Å². The lowest BCUT2D eigenvalue weighted by Crippen LogP contribution is -2.02. The van der Waals surface area contributed by atoms with Gasteiger partial charge in [0.2, 0.25) is 0 Å². The first-order valence-electron chi connectivity index (χ1n) is 4.84. The molecule has 0 aliphatic rings. The number of benzene rings is 2. The van der Waals surface area contributed by atoms with Gasteiger partial charge in [-0.1, -0.05) is 41.4 Å². The highest BCUT2D eigenvalue weighted by Crippen LogP contribution is 2.27. The van der Waals surface area contributed by atoms with Crippen molar-refractivity contribution >= 4 is 51.6 Å². The molecular weight excluding hydrogens is 370 g/mol. The number of carbonyl (C=O) groups is 1. The Kier molecular flexibility index (Phi) is 4.07. The Morgan fingerprint density at radius 1 is 1.06 bits per heavy atom. The first-order valence-corrected chi connectivity index (χ1v) is 6.67. The molecule has 0 saturated heterocycles. The van der Waals surface area contributed by atoms with Crippen LogP contribution in [0.1, 0.15) is 15.9 Å². The Morgan fingerprint density at radius 2 is 1.76 bits per heavy atom. The zero-order chi connectivity index (χ0) is 12.4. The minimum Gasteiger partial charge on any atom is -0.289 e. The van der Waals surface area contributed by atoms with Gasteiger partial charge in [0, 0.05) is 14.7 Å². The normalized spacial score (nSPS) is 10.3. The monoisotopic (exact) mass is 376 g/mol. The Labute approximate surface area is 123 Å². The first kappa shape index (κ1) is 12.9. The Hall–Kier alpha value is -0.580. The van der Waals surface area contributed by atoms with E-state index < -0.39 is 0 Å². The number of hydrogen-bond acceptors (Lipinski definition) is 1. The molecule has 0 saturated carbocycles. The van der Waals surface area contributed by atoms with Gasteiger partial charge in [-0.2, -0.15) is 0 Å². The van der Waals surface area contributed by atoms with Gasteiger partial charge in [0.05, 0.1) is 10.0 Å². The summed E-state index contributed by atoms with van der Waals surface area (Å²) in [5, 5.41) is 0.696. The summed E-state index contributed by atoms with van der Waals surface area (Å²) in [7, 11) is 0. The van der Waals surface area contributed by atoms with E-state index in [1.165, 1.54) is 0 Å². The summed E-state index contributed by atoms with van der Waals surface area (Å²) < 4.78 is 1.01. The minimum absolute atomic E-state index is 0.115. The van der Waals surface area contributed by atoms with Crippen molar-refractivity contribution in [3.8, 4) is 0 Å². The molecule has 2 aromatic carbocycles. The lowest BCUT2D eigenvalue weighted by atomic mass is 10.0. The van der Waals surface area contributed by atoms with Crippen LogP contribution in [0.4, 0.5) is 0 Å². The van der Waals surface area contributed by atoms with Gasteiger partial charge < -0.3 is 0 Å². The lowest BCUT2D eigenvalue weighted by molar-refractivity contribution is 0.103. The first-order chi connectivity index (χ1) is 8.09. The minimum atomic E-state index is -0.115. The summed E-state index contributed by atoms with van der Waals surface area (Å²) >= 11 is 14.1. The summed E-state index contributed by atoms with van der Waals surface area (Å²) in [6.45, 7) is 0. The topological polar surface area (TPSA) is 17.1 Å². The number of rotatable bonds is 2. The highest BCUT2D eigenvalue weighted by Gasteiger charge is 2.14. The maximum atomic E-state index is 12.2. The van der Waals surface area contributed by atoms with Crippen molar-refractivity contribution in [1.82, 2.24) is 0 Å². The van der Waals surface area contributed by atoms with Crippen molar-refractivity contribution in [3.05, 3.63) is 67.2 Å². The van der Waals surface area contributed by atoms with E-state index in [0.717, 1.165) is 3.57 Å². The zero-order valence-corrected chi connectivity index (χ0v) is 12.3. The van der Waals surface area contributed by atoms with Gasteiger partial charge in [-0.15, -0.1) is 0 Å². The Balaban J connectivity index is 2.48. The van der Waals surface area contributed by atoms with Gasteiger partial charge in [-0.05, 0) is 46.9 Å². The second-order valence-electron chi connectivity index (χ2n) is 3.44. The van der Waals surface area contributed by atoms with E-state index in [9.17, 15) is 4.79 Å². The molecule has 0 aliphatic heterocycles. The van der Waals surface area contributed by atoms with E-state index in [-0.39, 0.29) is 5.78 Å². The molecule has 0 atom stereocenters. The Bertz CT molecular complexity index is 581. The molecular formula is C13H7Cl2IO. The predicted octanol–water partition coefficient (Wildman–Crippen LogP) is 4.83. The predicted molar refractivity (Wildman–Crippen MR) is 79.1 cm³/mol. The third-order valence-electron chi connectivity index (χ3n) is 2.28. The average molecular weight is 377 g/mol. The fraction of sp³-hybridized carbons (Fsp3) is 0. The molecule has 0 unspecified atom stereocenters. The van der Waals surface area contributed by atoms with Crippen LogP contribution in [0.25, 0.3) is 0 Å². The van der Waals surface area contributed by atoms with Gasteiger partial charge >= 0.3 is 0 Å². The molecule has 2 aromatic rings. The van der Waals surface area contributed by atoms with E-state index in [1.807, 2.05) is 18.2 Å². The molecule has 86 valence electrons. The molecule has 0 spiro atoms. The molecule has 0 N–H and O–H groups in total. The number of carbonyl (C=O) groups excluding carboxylic acids is 1. The third kappa shape index (κ3) is 2.81. The molecule has 0 fully saturated rings. The highest BCUT2D eigenvalue weighted by atomic mass is 127. The van der Waals surface area contributed by atoms with Crippen LogP contribution in [0.3, 0.4) is 0 Å². The SMILES string of the molecule is O=C(c1cccc(I)c1)c1cccc(Cl)c1Cl. The highest BCUT2D eigenvalue weighted by molar-refractivity contribution is 14.1. The average Bonchev–Trinajstić information content (AvgIpc) is 2.32. The molecule has 0 aromatic heterocycles. The van der Waals surface area contributed by atoms with Gasteiger partial charge in [-0.3, -0.25) is 4.79 Å². The second-order valence-corrected chi connectivity index (χ2v) is 5.47. The number of halogens is 3. The molecule has 0 amide bonds. The standard InChI is InChI=1S/C13H7Cl2IO/c14-11-6-2-5-10(12(11)15)13(17)8-3-1-4-9(16)7-8/h1-7H. The summed E-state index contributed by atoms with van der Waals surface area (Å²) in [5.41, 5.74) is 1.04. The summed E-state index contributed by atoms with van der Waals surface area (Å²) in [5.74, 6) is -0.115. The summed E-state index contributed by atoms with van der Waals surface area (Å²) in [6.07, 6.45) is 0. The van der Waals surface area contributed by atoms with Crippen molar-refractivity contribution in [1.29, 1.82) is 0 Å². The zero-order valence-electron chi connectivity index (χ0n) is 8.58. The smallest absolute Gasteiger partial charge is 0.194 e. The lowest BCUT2D eigenvalue weighted by Gasteiger charge is -2.05. The molecule has 0 heterocycles. The van der Waals surface area contributed by atoms with E-state index >= 15 is 0 Å². The molecule has 0 aliphatic carbocycles. The molecule has 0 radical (unpaired) electrons. The number of hydrogen-bond donors (Lipinski definition) is 0. The number of ketones is 1. The largest absolute Gasteiger partial charge is 0.289 e. The van der Waals surface area contributed by atoms with Crippen LogP contribution in [-0.2, 0) is 0 Å². The summed E-state index contributed by atoms with van der Waals surface area (Å²) in [6, 6.07) is 12.4. The quantitative estimate of drug-likeness (QED) is 0.542. The van der Waals surface area contributed by atoms with Gasteiger partial charge in [0.15, 0.2) is 5.78 Å². The third-order valence-corrected chi connectivity index (χ3v) is 3.77. The van der Waals surface area contributed by atoms with E-state index in [2.05, 4.69) is 22.6 Å². The van der Waals surface area contributed by atoms with Crippen LogP contribution < -0.4 is 0 Å². The maximum Gasteiger partial charge on any atom is 0.194 e. The fourth-order valence-electron chi connectivity index (χ4n) is 1.46. The van der Waals surface area contributed by atoms with Gasteiger partial charge in [0.1, 0.15) is 0 Å². The second kappa shape index (κ2) is 5.38. The van der Waals surface area contributed by atoms with Gasteiger partial charge in [-0.25, -0.2) is 0 Å². The van der Waals surface area contributed by atoms with Crippen LogP contribution in [0, 0.1) is 3.57 Å². The van der Waals surface area contributed by atoms with Crippen LogP contribution in [0.15, 0.2) is 42.5 Å². The maximum absolute atomic E-state index is 12.2. The van der Waals surface area contributed by atoms with Crippen molar-refractivity contribution in [2.24, 2.45) is 0 Å². The van der Waals surface area contributed by atoms with Crippen molar-refractivity contribution < 1.29 is 4.79 Å². The van der Waals surface area contributed by atoms with Crippen molar-refractivity contribution in [3.63, 3.8) is 0 Å². The van der Waals surface area contributed by atoms with Crippen molar-refractivity contribution in [2.45, 2.75) is 0 Å². The molecule has 4 heteroatoms. The van der Waals surface area contributed by atoms with E-state index in [1.54, 1.807) is 24.3 Å². The van der Waals surface area contributed by atoms with Crippen molar-refractivity contribution in [2.75, 3.05) is 0 Å². The van der Waals surface area contributed by atoms with Crippen LogP contribution in [0.2, 0.25) is 10.0 Å². The fourth-order valence-corrected chi connectivity index (χ4v) is 2.39. The molecule has 1 nitrogen and oxygen atoms in total. The summed E-state index contributed by atoms with van der Waals surface area (Å²) in [4.78, 5) is 12.2. The Morgan fingerprint density at radius 3 is 2.47 bits per heavy atom.